The summed E-state index contributed by atoms with van der Waals surface area (Å²) < 4.78 is 34.1. The molecule has 6 heteroatoms. The van der Waals surface area contributed by atoms with Crippen LogP contribution in [0.1, 0.15) is 0 Å². The Hall–Kier alpha value is -0.650. The van der Waals surface area contributed by atoms with Crippen LogP contribution >= 0.6 is 11.6 Å². The summed E-state index contributed by atoms with van der Waals surface area (Å²) >= 11 is 5.34. The van der Waals surface area contributed by atoms with Gasteiger partial charge in [0, 0.05) is 0 Å². The Labute approximate surface area is 74.0 Å². The highest BCUT2D eigenvalue weighted by molar-refractivity contribution is 7.89. The maximum absolute atomic E-state index is 12.7. The van der Waals surface area contributed by atoms with Gasteiger partial charge in [0.2, 0.25) is 10.0 Å². The Morgan fingerprint density at radius 2 is 2.00 bits per heavy atom. The van der Waals surface area contributed by atoms with E-state index in [0.29, 0.717) is 0 Å². The molecule has 1 rings (SSSR count). The Morgan fingerprint density at radius 3 is 2.42 bits per heavy atom. The van der Waals surface area contributed by atoms with E-state index in [1.165, 1.54) is 6.07 Å². The molecule has 1 aromatic carbocycles. The summed E-state index contributed by atoms with van der Waals surface area (Å²) in [7, 11) is -3.93. The van der Waals surface area contributed by atoms with Crippen LogP contribution in [0, 0.1) is 5.82 Å². The molecule has 0 radical (unpaired) electrons. The predicted molar refractivity (Wildman–Crippen MR) is 42.8 cm³/mol. The molecule has 0 amide bonds. The van der Waals surface area contributed by atoms with Gasteiger partial charge in [-0.25, -0.2) is 17.9 Å². The third-order valence-electron chi connectivity index (χ3n) is 1.22. The molecule has 2 N–H and O–H groups in total. The Morgan fingerprint density at radius 1 is 1.42 bits per heavy atom. The van der Waals surface area contributed by atoms with Gasteiger partial charge < -0.3 is 0 Å². The Kier molecular flexibility index (Phi) is 2.36. The number of rotatable bonds is 1. The second-order valence-corrected chi connectivity index (χ2v) is 4.00. The van der Waals surface area contributed by atoms with Gasteiger partial charge in [0.05, 0.1) is 5.02 Å². The molecule has 66 valence electrons. The van der Waals surface area contributed by atoms with Crippen LogP contribution in [0.5, 0.6) is 0 Å². The molecule has 12 heavy (non-hydrogen) atoms. The monoisotopic (exact) mass is 209 g/mol. The Bertz CT molecular complexity index is 404. The Balaban J connectivity index is 3.47. The normalized spacial score (nSPS) is 11.6. The minimum absolute atomic E-state index is 0.399. The average molecular weight is 210 g/mol. The van der Waals surface area contributed by atoms with Gasteiger partial charge in [0.25, 0.3) is 0 Å². The predicted octanol–water partition coefficient (Wildman–Crippen LogP) is 1.13. The van der Waals surface area contributed by atoms with Gasteiger partial charge in [-0.15, -0.1) is 0 Å². The standard InChI is InChI=1S/C6H5ClFNO2S/c7-6-4(8)2-1-3-5(6)12(9,10)11/h1-3H,(H2,9,10,11). The lowest BCUT2D eigenvalue weighted by Gasteiger charge is -2.00. The van der Waals surface area contributed by atoms with Gasteiger partial charge >= 0.3 is 0 Å². The topological polar surface area (TPSA) is 60.2 Å². The van der Waals surface area contributed by atoms with E-state index in [1.807, 2.05) is 0 Å². The van der Waals surface area contributed by atoms with Crippen LogP contribution in [-0.4, -0.2) is 8.42 Å². The first-order chi connectivity index (χ1) is 5.43. The zero-order valence-electron chi connectivity index (χ0n) is 5.79. The number of hydrogen-bond acceptors (Lipinski definition) is 2. The molecular weight excluding hydrogens is 205 g/mol. The van der Waals surface area contributed by atoms with Crippen molar-refractivity contribution in [2.45, 2.75) is 4.90 Å². The zero-order valence-corrected chi connectivity index (χ0v) is 7.36. The average Bonchev–Trinajstić information content (AvgIpc) is 1.92. The van der Waals surface area contributed by atoms with Gasteiger partial charge in [0.1, 0.15) is 10.7 Å². The summed E-state index contributed by atoms with van der Waals surface area (Å²) in [5.41, 5.74) is 0. The summed E-state index contributed by atoms with van der Waals surface area (Å²) in [5, 5.41) is 4.28. The van der Waals surface area contributed by atoms with Gasteiger partial charge in [-0.05, 0) is 12.1 Å². The summed E-state index contributed by atoms with van der Waals surface area (Å²) in [6.45, 7) is 0. The lowest BCUT2D eigenvalue weighted by Crippen LogP contribution is -2.13. The molecule has 0 saturated heterocycles. The molecule has 3 nitrogen and oxygen atoms in total. The molecular formula is C6H5ClFNO2S. The quantitative estimate of drug-likeness (QED) is 0.754. The van der Waals surface area contributed by atoms with Gasteiger partial charge in [-0.2, -0.15) is 0 Å². The van der Waals surface area contributed by atoms with E-state index in [2.05, 4.69) is 0 Å². The van der Waals surface area contributed by atoms with Crippen molar-refractivity contribution in [1.29, 1.82) is 0 Å². The SMILES string of the molecule is NS(=O)(=O)c1cccc(F)c1Cl. The molecule has 0 heterocycles. The largest absolute Gasteiger partial charge is 0.239 e. The molecule has 0 aliphatic rings. The smallest absolute Gasteiger partial charge is 0.225 e. The molecule has 0 aliphatic heterocycles. The number of primary sulfonamides is 1. The van der Waals surface area contributed by atoms with Crippen LogP contribution in [0.2, 0.25) is 5.02 Å². The lowest BCUT2D eigenvalue weighted by atomic mass is 10.3. The van der Waals surface area contributed by atoms with Crippen LogP contribution in [0.4, 0.5) is 4.39 Å². The summed E-state index contributed by atoms with van der Waals surface area (Å²) in [6.07, 6.45) is 0. The lowest BCUT2D eigenvalue weighted by molar-refractivity contribution is 0.592. The first-order valence-electron chi connectivity index (χ1n) is 2.90. The van der Waals surface area contributed by atoms with Crippen LogP contribution in [0.3, 0.4) is 0 Å². The van der Waals surface area contributed by atoms with Crippen LogP contribution in [0.15, 0.2) is 23.1 Å². The van der Waals surface area contributed by atoms with Crippen LogP contribution in [-0.2, 0) is 10.0 Å². The minimum Gasteiger partial charge on any atom is -0.225 e. The molecule has 0 bridgehead atoms. The zero-order chi connectivity index (χ0) is 9.35. The molecule has 0 unspecified atom stereocenters. The number of benzene rings is 1. The van der Waals surface area contributed by atoms with Crippen molar-refractivity contribution in [3.05, 3.63) is 29.0 Å². The van der Waals surface area contributed by atoms with Crippen molar-refractivity contribution in [3.63, 3.8) is 0 Å². The van der Waals surface area contributed by atoms with Crippen molar-refractivity contribution in [1.82, 2.24) is 0 Å². The highest BCUT2D eigenvalue weighted by Crippen LogP contribution is 2.22. The molecule has 1 aromatic rings. The van der Waals surface area contributed by atoms with Crippen molar-refractivity contribution >= 4 is 21.6 Å². The molecule has 0 spiro atoms. The van der Waals surface area contributed by atoms with E-state index >= 15 is 0 Å². The van der Waals surface area contributed by atoms with E-state index in [0.717, 1.165) is 12.1 Å². The number of nitrogens with two attached hydrogens (primary N) is 1. The molecule has 0 saturated carbocycles. The van der Waals surface area contributed by atoms with Crippen molar-refractivity contribution in [3.8, 4) is 0 Å². The highest BCUT2D eigenvalue weighted by Gasteiger charge is 2.14. The fourth-order valence-corrected chi connectivity index (χ4v) is 1.77. The van der Waals surface area contributed by atoms with E-state index in [1.54, 1.807) is 0 Å². The van der Waals surface area contributed by atoms with Gasteiger partial charge in [-0.3, -0.25) is 0 Å². The van der Waals surface area contributed by atoms with Gasteiger partial charge in [0.15, 0.2) is 0 Å². The number of halogens is 2. The van der Waals surface area contributed by atoms with Crippen molar-refractivity contribution in [2.75, 3.05) is 0 Å². The fraction of sp³-hybridized carbons (Fsp3) is 0. The molecule has 0 fully saturated rings. The van der Waals surface area contributed by atoms with E-state index < -0.39 is 25.8 Å². The van der Waals surface area contributed by atoms with E-state index in [9.17, 15) is 12.8 Å². The molecule has 0 aliphatic carbocycles. The maximum Gasteiger partial charge on any atom is 0.239 e. The van der Waals surface area contributed by atoms with E-state index in [-0.39, 0.29) is 0 Å². The van der Waals surface area contributed by atoms with Crippen molar-refractivity contribution in [2.24, 2.45) is 5.14 Å². The third-order valence-corrected chi connectivity index (χ3v) is 2.67. The first-order valence-corrected chi connectivity index (χ1v) is 4.82. The highest BCUT2D eigenvalue weighted by atomic mass is 35.5. The van der Waals surface area contributed by atoms with E-state index in [4.69, 9.17) is 16.7 Å². The first kappa shape index (κ1) is 9.44. The van der Waals surface area contributed by atoms with Crippen LogP contribution in [0.25, 0.3) is 0 Å². The summed E-state index contributed by atoms with van der Waals surface area (Å²) in [6, 6.07) is 3.42. The molecule has 0 atom stereocenters. The van der Waals surface area contributed by atoms with Gasteiger partial charge in [-0.1, -0.05) is 17.7 Å². The second kappa shape index (κ2) is 3.01. The number of hydrogen-bond donors (Lipinski definition) is 1. The summed E-state index contributed by atoms with van der Waals surface area (Å²) in [5.74, 6) is -0.803. The number of sulfonamides is 1. The van der Waals surface area contributed by atoms with Crippen molar-refractivity contribution < 1.29 is 12.8 Å². The maximum atomic E-state index is 12.7. The second-order valence-electron chi connectivity index (χ2n) is 2.10. The van der Waals surface area contributed by atoms with Crippen LogP contribution < -0.4 is 5.14 Å². The molecule has 0 aromatic heterocycles. The minimum atomic E-state index is -3.93. The summed E-state index contributed by atoms with van der Waals surface area (Å²) in [4.78, 5) is -0.399. The third kappa shape index (κ3) is 1.74. The fourth-order valence-electron chi connectivity index (χ4n) is 0.704.